The highest BCUT2D eigenvalue weighted by molar-refractivity contribution is 14.0. The van der Waals surface area contributed by atoms with Gasteiger partial charge in [0.1, 0.15) is 11.4 Å². The van der Waals surface area contributed by atoms with Crippen molar-refractivity contribution in [1.29, 1.82) is 0 Å². The molecule has 2 aromatic carbocycles. The zero-order chi connectivity index (χ0) is 22.6. The van der Waals surface area contributed by atoms with Crippen molar-refractivity contribution in [2.45, 2.75) is 58.7 Å². The fraction of sp³-hybridized carbons (Fsp3) is 0.417. The fourth-order valence-corrected chi connectivity index (χ4v) is 3.24. The number of guanidine groups is 1. The van der Waals surface area contributed by atoms with Crippen LogP contribution in [0.3, 0.4) is 0 Å². The summed E-state index contributed by atoms with van der Waals surface area (Å²) in [4.78, 5) is 19.0. The van der Waals surface area contributed by atoms with Gasteiger partial charge in [-0.05, 0) is 69.9 Å². The molecule has 0 unspecified atom stereocenters. The van der Waals surface area contributed by atoms with E-state index in [0.29, 0.717) is 12.5 Å². The lowest BCUT2D eigenvalue weighted by molar-refractivity contribution is 0.0577. The van der Waals surface area contributed by atoms with Crippen LogP contribution < -0.4 is 20.7 Å². The summed E-state index contributed by atoms with van der Waals surface area (Å²) in [5.74, 6) is 1.07. The van der Waals surface area contributed by atoms with E-state index in [4.69, 9.17) is 15.2 Å². The number of aliphatic imine (C=N–C) groups is 1. The third-order valence-electron chi connectivity index (χ3n) is 4.80. The highest BCUT2D eigenvalue weighted by Gasteiger charge is 2.37. The third-order valence-corrected chi connectivity index (χ3v) is 4.80. The van der Waals surface area contributed by atoms with Crippen LogP contribution >= 0.6 is 24.0 Å². The van der Waals surface area contributed by atoms with Gasteiger partial charge in [0.25, 0.3) is 0 Å². The van der Waals surface area contributed by atoms with Gasteiger partial charge in [-0.3, -0.25) is 4.90 Å². The zero-order valence-electron chi connectivity index (χ0n) is 19.3. The van der Waals surface area contributed by atoms with Gasteiger partial charge in [-0.25, -0.2) is 9.79 Å². The van der Waals surface area contributed by atoms with Gasteiger partial charge in [-0.2, -0.15) is 0 Å². The number of hydrogen-bond donors (Lipinski definition) is 2. The van der Waals surface area contributed by atoms with Crippen molar-refractivity contribution < 1.29 is 14.3 Å². The summed E-state index contributed by atoms with van der Waals surface area (Å²) in [5.41, 5.74) is 9.22. The van der Waals surface area contributed by atoms with Crippen molar-refractivity contribution in [3.63, 3.8) is 0 Å². The number of nitrogens with two attached hydrogens (primary N) is 1. The summed E-state index contributed by atoms with van der Waals surface area (Å²) in [6.45, 7) is 8.08. The molecule has 0 atom stereocenters. The normalized spacial score (nSPS) is 13.7. The maximum absolute atomic E-state index is 12.8. The van der Waals surface area contributed by atoms with E-state index in [1.807, 2.05) is 70.2 Å². The third kappa shape index (κ3) is 7.29. The van der Waals surface area contributed by atoms with Crippen molar-refractivity contribution in [3.05, 3.63) is 53.6 Å². The van der Waals surface area contributed by atoms with Gasteiger partial charge in [0.15, 0.2) is 5.96 Å². The van der Waals surface area contributed by atoms with Crippen LogP contribution in [0, 0.1) is 6.92 Å². The van der Waals surface area contributed by atoms with E-state index < -0.39 is 5.60 Å². The molecule has 0 bridgehead atoms. The Kier molecular flexibility index (Phi) is 8.77. The number of methoxy groups -OCH3 is 1. The fourth-order valence-electron chi connectivity index (χ4n) is 3.24. The first-order valence-electron chi connectivity index (χ1n) is 10.5. The maximum Gasteiger partial charge on any atom is 0.415 e. The first kappa shape index (κ1) is 25.8. The smallest absolute Gasteiger partial charge is 0.415 e. The number of amides is 1. The van der Waals surface area contributed by atoms with Crippen LogP contribution in [-0.2, 0) is 11.3 Å². The Bertz CT molecular complexity index is 968. The number of carbonyl (C=O) groups excluding carboxylic acids is 1. The predicted octanol–water partition coefficient (Wildman–Crippen LogP) is 5.45. The van der Waals surface area contributed by atoms with E-state index in [-0.39, 0.29) is 36.1 Å². The lowest BCUT2D eigenvalue weighted by Gasteiger charge is -2.28. The predicted molar refractivity (Wildman–Crippen MR) is 140 cm³/mol. The van der Waals surface area contributed by atoms with Gasteiger partial charge in [0, 0.05) is 17.8 Å². The van der Waals surface area contributed by atoms with Crippen LogP contribution in [0.4, 0.5) is 16.2 Å². The number of rotatable bonds is 6. The maximum atomic E-state index is 12.8. The summed E-state index contributed by atoms with van der Waals surface area (Å²) in [6.07, 6.45) is 1.70. The van der Waals surface area contributed by atoms with Crippen LogP contribution in [-0.4, -0.2) is 30.8 Å². The highest BCUT2D eigenvalue weighted by atomic mass is 127. The molecular weight excluding hydrogens is 519 g/mol. The second kappa shape index (κ2) is 10.9. The zero-order valence-corrected chi connectivity index (χ0v) is 21.7. The Morgan fingerprint density at radius 2 is 1.94 bits per heavy atom. The first-order chi connectivity index (χ1) is 14.7. The molecule has 0 saturated heterocycles. The van der Waals surface area contributed by atoms with Crippen molar-refractivity contribution in [2.24, 2.45) is 10.7 Å². The average molecular weight is 552 g/mol. The second-order valence-corrected chi connectivity index (χ2v) is 8.76. The molecule has 1 amide bonds. The Hall–Kier alpha value is -2.49. The molecule has 0 heterocycles. The minimum absolute atomic E-state index is 0. The number of nitrogens with zero attached hydrogens (tertiary/aromatic N) is 2. The summed E-state index contributed by atoms with van der Waals surface area (Å²) in [7, 11) is 1.62. The van der Waals surface area contributed by atoms with Crippen molar-refractivity contribution in [3.8, 4) is 5.75 Å². The van der Waals surface area contributed by atoms with Crippen LogP contribution in [0.1, 0.15) is 44.7 Å². The van der Waals surface area contributed by atoms with E-state index in [0.717, 1.165) is 41.1 Å². The number of benzene rings is 2. The molecular formula is C24H33IN4O3. The topological polar surface area (TPSA) is 89.2 Å². The average Bonchev–Trinajstić information content (AvgIpc) is 3.52. The molecule has 1 saturated carbocycles. The molecule has 0 spiro atoms. The number of aryl methyl sites for hydroxylation is 1. The standard InChI is InChI=1S/C24H32N4O3.HI/c1-16-13-17(15-26-22(25)27-18-7-6-8-20(14-18)30-5)9-12-21(16)28(19-10-11-19)23(29)31-24(2,3)4;/h6-9,12-14,19H,10-11,15H2,1-5H3,(H3,25,26,27);1H. The molecule has 1 aliphatic carbocycles. The van der Waals surface area contributed by atoms with Crippen molar-refractivity contribution >= 4 is 47.4 Å². The van der Waals surface area contributed by atoms with E-state index in [1.165, 1.54) is 0 Å². The van der Waals surface area contributed by atoms with Gasteiger partial charge in [-0.15, -0.1) is 24.0 Å². The molecule has 174 valence electrons. The molecule has 0 aromatic heterocycles. The van der Waals surface area contributed by atoms with Gasteiger partial charge in [0.2, 0.25) is 0 Å². The van der Waals surface area contributed by atoms with Gasteiger partial charge < -0.3 is 20.5 Å². The Labute approximate surface area is 207 Å². The number of hydrogen-bond acceptors (Lipinski definition) is 4. The highest BCUT2D eigenvalue weighted by Crippen LogP contribution is 2.35. The van der Waals surface area contributed by atoms with Gasteiger partial charge >= 0.3 is 6.09 Å². The first-order valence-corrected chi connectivity index (χ1v) is 10.5. The minimum Gasteiger partial charge on any atom is -0.497 e. The molecule has 0 aliphatic heterocycles. The lowest BCUT2D eigenvalue weighted by atomic mass is 10.1. The molecule has 2 aromatic rings. The van der Waals surface area contributed by atoms with E-state index in [1.54, 1.807) is 12.0 Å². The molecule has 1 aliphatic rings. The van der Waals surface area contributed by atoms with Gasteiger partial charge in [-0.1, -0.05) is 18.2 Å². The van der Waals surface area contributed by atoms with E-state index in [2.05, 4.69) is 10.3 Å². The van der Waals surface area contributed by atoms with E-state index in [9.17, 15) is 4.79 Å². The number of ether oxygens (including phenoxy) is 2. The lowest BCUT2D eigenvalue weighted by Crippen LogP contribution is -2.38. The molecule has 3 N–H and O–H groups in total. The number of anilines is 2. The van der Waals surface area contributed by atoms with Crippen molar-refractivity contribution in [1.82, 2.24) is 0 Å². The summed E-state index contributed by atoms with van der Waals surface area (Å²) in [6, 6.07) is 13.7. The molecule has 7 nitrogen and oxygen atoms in total. The molecule has 0 radical (unpaired) electrons. The van der Waals surface area contributed by atoms with Crippen LogP contribution in [0.25, 0.3) is 0 Å². The number of carbonyl (C=O) groups is 1. The molecule has 8 heteroatoms. The summed E-state index contributed by atoms with van der Waals surface area (Å²) >= 11 is 0. The Morgan fingerprint density at radius 3 is 2.53 bits per heavy atom. The number of halogens is 1. The molecule has 32 heavy (non-hydrogen) atoms. The Morgan fingerprint density at radius 1 is 1.22 bits per heavy atom. The summed E-state index contributed by atoms with van der Waals surface area (Å²) in [5, 5.41) is 3.07. The monoisotopic (exact) mass is 552 g/mol. The van der Waals surface area contributed by atoms with Crippen LogP contribution in [0.2, 0.25) is 0 Å². The minimum atomic E-state index is -0.528. The quantitative estimate of drug-likeness (QED) is 0.283. The van der Waals surface area contributed by atoms with Crippen LogP contribution in [0.5, 0.6) is 5.75 Å². The van der Waals surface area contributed by atoms with Crippen LogP contribution in [0.15, 0.2) is 47.5 Å². The largest absolute Gasteiger partial charge is 0.497 e. The second-order valence-electron chi connectivity index (χ2n) is 8.76. The van der Waals surface area contributed by atoms with Crippen molar-refractivity contribution in [2.75, 3.05) is 17.3 Å². The summed E-state index contributed by atoms with van der Waals surface area (Å²) < 4.78 is 10.8. The van der Waals surface area contributed by atoms with E-state index >= 15 is 0 Å². The van der Waals surface area contributed by atoms with Gasteiger partial charge in [0.05, 0.1) is 19.3 Å². The SMILES string of the molecule is COc1cccc(NC(N)=NCc2ccc(N(C(=O)OC(C)(C)C)C3CC3)c(C)c2)c1.I. The molecule has 3 rings (SSSR count). The Balaban J connectivity index is 0.00000363. The number of nitrogens with one attached hydrogen (secondary N) is 1. The molecule has 1 fully saturated rings.